The van der Waals surface area contributed by atoms with Crippen LogP contribution in [0.4, 0.5) is 0 Å². The zero-order chi connectivity index (χ0) is 8.81. The van der Waals surface area contributed by atoms with E-state index in [1.807, 2.05) is 14.1 Å². The van der Waals surface area contributed by atoms with Gasteiger partial charge < -0.3 is 0 Å². The standard InChI is InChI=1S/2C3H5N3/c1-6-3-4-2-5-6;1-6-3-2-4-5-6/h2*2-3H,1H3. The molecule has 0 aromatic carbocycles. The first-order valence-corrected chi connectivity index (χ1v) is 3.38. The summed E-state index contributed by atoms with van der Waals surface area (Å²) in [6.07, 6.45) is 6.56. The van der Waals surface area contributed by atoms with Gasteiger partial charge in [0, 0.05) is 20.3 Å². The second-order valence-corrected chi connectivity index (χ2v) is 2.15. The van der Waals surface area contributed by atoms with Crippen LogP contribution < -0.4 is 0 Å². The van der Waals surface area contributed by atoms with Crippen LogP contribution in [0.3, 0.4) is 0 Å². The Kier molecular flexibility index (Phi) is 2.95. The van der Waals surface area contributed by atoms with Crippen molar-refractivity contribution in [3.8, 4) is 0 Å². The van der Waals surface area contributed by atoms with E-state index in [2.05, 4.69) is 20.4 Å². The van der Waals surface area contributed by atoms with Crippen molar-refractivity contribution in [3.63, 3.8) is 0 Å². The smallest absolute Gasteiger partial charge is 0.137 e. The summed E-state index contributed by atoms with van der Waals surface area (Å²) < 4.78 is 3.28. The van der Waals surface area contributed by atoms with Crippen LogP contribution in [0, 0.1) is 0 Å². The summed E-state index contributed by atoms with van der Waals surface area (Å²) in [5, 5.41) is 10.8. The zero-order valence-electron chi connectivity index (χ0n) is 6.99. The van der Waals surface area contributed by atoms with E-state index < -0.39 is 0 Å². The summed E-state index contributed by atoms with van der Waals surface area (Å²) in [6, 6.07) is 0. The highest BCUT2D eigenvalue weighted by Crippen LogP contribution is 1.66. The molecule has 0 radical (unpaired) electrons. The molecule has 2 aromatic rings. The lowest BCUT2D eigenvalue weighted by molar-refractivity contribution is 0.715. The van der Waals surface area contributed by atoms with Crippen LogP contribution >= 0.6 is 0 Å². The van der Waals surface area contributed by atoms with Crippen molar-refractivity contribution in [2.75, 3.05) is 0 Å². The van der Waals surface area contributed by atoms with E-state index in [-0.39, 0.29) is 0 Å². The summed E-state index contributed by atoms with van der Waals surface area (Å²) in [4.78, 5) is 3.67. The maximum absolute atomic E-state index is 3.72. The normalized spacial score (nSPS) is 8.83. The fraction of sp³-hybridized carbons (Fsp3) is 0.333. The first kappa shape index (κ1) is 8.38. The van der Waals surface area contributed by atoms with Crippen LogP contribution in [0.2, 0.25) is 0 Å². The molecular weight excluding hydrogens is 156 g/mol. The first-order chi connectivity index (χ1) is 5.79. The van der Waals surface area contributed by atoms with E-state index in [1.165, 1.54) is 6.33 Å². The molecule has 0 atom stereocenters. The van der Waals surface area contributed by atoms with Crippen LogP contribution in [0.25, 0.3) is 0 Å². The molecule has 0 unspecified atom stereocenters. The molecule has 12 heavy (non-hydrogen) atoms. The molecule has 2 heterocycles. The third kappa shape index (κ3) is 2.91. The molecule has 6 heteroatoms. The first-order valence-electron chi connectivity index (χ1n) is 3.38. The van der Waals surface area contributed by atoms with Crippen molar-refractivity contribution in [1.29, 1.82) is 0 Å². The van der Waals surface area contributed by atoms with Gasteiger partial charge in [0.15, 0.2) is 0 Å². The lowest BCUT2D eigenvalue weighted by Crippen LogP contribution is -1.85. The maximum Gasteiger partial charge on any atom is 0.137 e. The van der Waals surface area contributed by atoms with Crippen LogP contribution in [0.1, 0.15) is 0 Å². The van der Waals surface area contributed by atoms with Gasteiger partial charge in [-0.15, -0.1) is 5.10 Å². The second kappa shape index (κ2) is 4.22. The molecule has 0 aliphatic heterocycles. The molecule has 64 valence electrons. The number of rotatable bonds is 0. The van der Waals surface area contributed by atoms with Gasteiger partial charge in [0.2, 0.25) is 0 Å². The summed E-state index contributed by atoms with van der Waals surface area (Å²) in [6.45, 7) is 0. The Morgan fingerprint density at radius 2 is 2.00 bits per heavy atom. The Bertz CT molecular complexity index is 251. The van der Waals surface area contributed by atoms with Crippen molar-refractivity contribution in [1.82, 2.24) is 29.8 Å². The van der Waals surface area contributed by atoms with E-state index in [0.29, 0.717) is 0 Å². The van der Waals surface area contributed by atoms with Gasteiger partial charge in [0.05, 0.1) is 6.20 Å². The SMILES string of the molecule is Cn1ccnn1.Cn1cncn1. The average Bonchev–Trinajstić information content (AvgIpc) is 2.63. The number of nitrogens with zero attached hydrogens (tertiary/aromatic N) is 6. The van der Waals surface area contributed by atoms with E-state index in [4.69, 9.17) is 0 Å². The minimum atomic E-state index is 1.50. The van der Waals surface area contributed by atoms with Crippen LogP contribution in [0.5, 0.6) is 0 Å². The molecule has 0 aliphatic rings. The van der Waals surface area contributed by atoms with E-state index in [9.17, 15) is 0 Å². The van der Waals surface area contributed by atoms with Crippen LogP contribution in [0.15, 0.2) is 25.0 Å². The molecule has 0 fully saturated rings. The quantitative estimate of drug-likeness (QED) is 0.535. The van der Waals surface area contributed by atoms with Crippen molar-refractivity contribution in [2.45, 2.75) is 0 Å². The maximum atomic E-state index is 3.72. The monoisotopic (exact) mass is 166 g/mol. The fourth-order valence-corrected chi connectivity index (χ4v) is 0.535. The molecule has 0 aliphatic carbocycles. The highest BCUT2D eigenvalue weighted by molar-refractivity contribution is 4.59. The van der Waals surface area contributed by atoms with Crippen LogP contribution in [-0.2, 0) is 14.1 Å². The summed E-state index contributed by atoms with van der Waals surface area (Å²) in [5.74, 6) is 0. The Balaban J connectivity index is 0.000000120. The highest BCUT2D eigenvalue weighted by atomic mass is 15.4. The Morgan fingerprint density at radius 3 is 2.17 bits per heavy atom. The van der Waals surface area contributed by atoms with Gasteiger partial charge in [-0.1, -0.05) is 5.21 Å². The van der Waals surface area contributed by atoms with Gasteiger partial charge in [-0.05, 0) is 0 Å². The van der Waals surface area contributed by atoms with Crippen molar-refractivity contribution < 1.29 is 0 Å². The second-order valence-electron chi connectivity index (χ2n) is 2.15. The number of hydrogen-bond acceptors (Lipinski definition) is 4. The third-order valence-electron chi connectivity index (χ3n) is 1.08. The van der Waals surface area contributed by atoms with Crippen LogP contribution in [-0.4, -0.2) is 29.8 Å². The number of aryl methyl sites for hydroxylation is 2. The number of hydrogen-bond donors (Lipinski definition) is 0. The van der Waals surface area contributed by atoms with E-state index in [1.54, 1.807) is 28.1 Å². The highest BCUT2D eigenvalue weighted by Gasteiger charge is 1.71. The largest absolute Gasteiger partial charge is 0.256 e. The molecular formula is C6H10N6. The topological polar surface area (TPSA) is 61.4 Å². The van der Waals surface area contributed by atoms with Gasteiger partial charge in [-0.25, -0.2) is 4.98 Å². The fourth-order valence-electron chi connectivity index (χ4n) is 0.535. The molecule has 0 saturated carbocycles. The summed E-state index contributed by atoms with van der Waals surface area (Å²) >= 11 is 0. The molecule has 0 N–H and O–H groups in total. The molecule has 0 bridgehead atoms. The van der Waals surface area contributed by atoms with Gasteiger partial charge in [0.1, 0.15) is 12.7 Å². The van der Waals surface area contributed by atoms with Gasteiger partial charge in [0.25, 0.3) is 0 Å². The Labute approximate surface area is 69.8 Å². The number of aromatic nitrogens is 6. The molecule has 0 saturated heterocycles. The minimum Gasteiger partial charge on any atom is -0.256 e. The zero-order valence-corrected chi connectivity index (χ0v) is 6.99. The predicted octanol–water partition coefficient (Wildman–Crippen LogP) is -0.370. The molecule has 2 rings (SSSR count). The van der Waals surface area contributed by atoms with Crippen molar-refractivity contribution >= 4 is 0 Å². The van der Waals surface area contributed by atoms with Crippen molar-refractivity contribution in [2.24, 2.45) is 14.1 Å². The third-order valence-corrected chi connectivity index (χ3v) is 1.08. The molecule has 6 nitrogen and oxygen atoms in total. The average molecular weight is 166 g/mol. The lowest BCUT2D eigenvalue weighted by atomic mass is 10.9. The van der Waals surface area contributed by atoms with E-state index in [0.717, 1.165) is 0 Å². The lowest BCUT2D eigenvalue weighted by Gasteiger charge is -1.74. The van der Waals surface area contributed by atoms with Gasteiger partial charge in [-0.2, -0.15) is 5.10 Å². The molecule has 0 amide bonds. The summed E-state index contributed by atoms with van der Waals surface area (Å²) in [7, 11) is 3.65. The predicted molar refractivity (Wildman–Crippen MR) is 42.0 cm³/mol. The molecule has 0 spiro atoms. The van der Waals surface area contributed by atoms with Crippen molar-refractivity contribution in [3.05, 3.63) is 25.0 Å². The minimum absolute atomic E-state index is 1.50. The van der Waals surface area contributed by atoms with E-state index >= 15 is 0 Å². The summed E-state index contributed by atoms with van der Waals surface area (Å²) in [5.41, 5.74) is 0. The molecule has 2 aromatic heterocycles. The Hall–Kier alpha value is -1.72. The van der Waals surface area contributed by atoms with Gasteiger partial charge >= 0.3 is 0 Å². The Morgan fingerprint density at radius 1 is 1.17 bits per heavy atom. The van der Waals surface area contributed by atoms with Gasteiger partial charge in [-0.3, -0.25) is 9.36 Å².